The third-order valence-electron chi connectivity index (χ3n) is 4.56. The molecule has 7 nitrogen and oxygen atoms in total. The molecule has 9 heteroatoms. The maximum Gasteiger partial charge on any atom is 0.296 e. The average Bonchev–Trinajstić information content (AvgIpc) is 2.74. The van der Waals surface area contributed by atoms with Crippen molar-refractivity contribution in [2.24, 2.45) is 0 Å². The van der Waals surface area contributed by atoms with Gasteiger partial charge in [-0.3, -0.25) is 9.17 Å². The molecule has 1 N–H and O–H groups in total. The van der Waals surface area contributed by atoms with Gasteiger partial charge in [0, 0.05) is 12.4 Å². The maximum atomic E-state index is 12.7. The van der Waals surface area contributed by atoms with E-state index < -0.39 is 26.2 Å². The van der Waals surface area contributed by atoms with E-state index in [1.165, 1.54) is 12.1 Å². The van der Waals surface area contributed by atoms with Gasteiger partial charge in [-0.15, -0.1) is 0 Å². The summed E-state index contributed by atoms with van der Waals surface area (Å²) in [6, 6.07) is 17.9. The summed E-state index contributed by atoms with van der Waals surface area (Å²) in [6.45, 7) is 1.67. The maximum absolute atomic E-state index is 12.7. The Bertz CT molecular complexity index is 1180. The largest absolute Gasteiger partial charge is 0.296 e. The quantitative estimate of drug-likeness (QED) is 0.466. The number of sulfonamides is 1. The Balaban J connectivity index is 1.70. The van der Waals surface area contributed by atoms with Gasteiger partial charge in [-0.2, -0.15) is 8.42 Å². The first kappa shape index (κ1) is 23.1. The first-order chi connectivity index (χ1) is 14.8. The summed E-state index contributed by atoms with van der Waals surface area (Å²) in [6.07, 6.45) is 3.24. The molecule has 1 aromatic heterocycles. The summed E-state index contributed by atoms with van der Waals surface area (Å²) in [7, 11) is -7.63. The molecule has 1 atom stereocenters. The van der Waals surface area contributed by atoms with Gasteiger partial charge in [0.25, 0.3) is 10.1 Å². The Morgan fingerprint density at radius 1 is 0.935 bits per heavy atom. The molecule has 0 spiro atoms. The Morgan fingerprint density at radius 3 is 2.29 bits per heavy atom. The molecule has 1 heterocycles. The van der Waals surface area contributed by atoms with Crippen LogP contribution in [0, 0.1) is 6.92 Å². The number of benzene rings is 2. The van der Waals surface area contributed by atoms with Crippen molar-refractivity contribution in [3.8, 4) is 0 Å². The predicted molar refractivity (Wildman–Crippen MR) is 118 cm³/mol. The Kier molecular flexibility index (Phi) is 7.55. The van der Waals surface area contributed by atoms with Crippen LogP contribution in [-0.4, -0.2) is 28.4 Å². The summed E-state index contributed by atoms with van der Waals surface area (Å²) in [4.78, 5) is 4.09. The topological polar surface area (TPSA) is 102 Å². The Labute approximate surface area is 183 Å². The molecule has 3 aromatic rings. The van der Waals surface area contributed by atoms with Gasteiger partial charge in [0.1, 0.15) is 0 Å². The van der Waals surface area contributed by atoms with E-state index in [1.807, 2.05) is 13.0 Å². The van der Waals surface area contributed by atoms with Crippen molar-refractivity contribution in [3.05, 3.63) is 95.8 Å². The number of rotatable bonds is 10. The van der Waals surface area contributed by atoms with Gasteiger partial charge in [0.2, 0.25) is 10.0 Å². The van der Waals surface area contributed by atoms with Crippen LogP contribution in [-0.2, 0) is 30.1 Å². The van der Waals surface area contributed by atoms with Crippen molar-refractivity contribution >= 4 is 20.1 Å². The molecule has 2 aromatic carbocycles. The molecule has 3 rings (SSSR count). The molecule has 31 heavy (non-hydrogen) atoms. The van der Waals surface area contributed by atoms with E-state index in [9.17, 15) is 16.8 Å². The van der Waals surface area contributed by atoms with Crippen LogP contribution in [0.3, 0.4) is 0 Å². The Hall–Kier alpha value is -2.59. The van der Waals surface area contributed by atoms with E-state index in [1.54, 1.807) is 60.9 Å². The smallest absolute Gasteiger partial charge is 0.266 e. The first-order valence-corrected chi connectivity index (χ1v) is 12.7. The van der Waals surface area contributed by atoms with Crippen LogP contribution in [0.25, 0.3) is 0 Å². The monoisotopic (exact) mass is 460 g/mol. The molecule has 164 valence electrons. The highest BCUT2D eigenvalue weighted by Gasteiger charge is 2.22. The van der Waals surface area contributed by atoms with E-state index in [2.05, 4.69) is 9.71 Å². The molecule has 0 radical (unpaired) electrons. The lowest BCUT2D eigenvalue weighted by Crippen LogP contribution is -2.31. The van der Waals surface area contributed by atoms with Crippen LogP contribution in [0.2, 0.25) is 0 Å². The SMILES string of the molecule is Cc1ccc(S(=O)(=O)OCCC(NS(=O)(=O)Cc2ccccc2)c2cccnc2)cc1. The third-order valence-corrected chi connectivity index (χ3v) is 7.25. The zero-order chi connectivity index (χ0) is 22.3. The average molecular weight is 461 g/mol. The highest BCUT2D eigenvalue weighted by molar-refractivity contribution is 7.88. The molecule has 0 amide bonds. The van der Waals surface area contributed by atoms with E-state index in [4.69, 9.17) is 4.18 Å². The molecule has 0 fully saturated rings. The minimum Gasteiger partial charge on any atom is -0.266 e. The van der Waals surface area contributed by atoms with Crippen LogP contribution >= 0.6 is 0 Å². The number of hydrogen-bond acceptors (Lipinski definition) is 6. The molecule has 0 aliphatic rings. The lowest BCUT2D eigenvalue weighted by Gasteiger charge is -2.19. The highest BCUT2D eigenvalue weighted by atomic mass is 32.2. The van der Waals surface area contributed by atoms with Crippen molar-refractivity contribution < 1.29 is 21.0 Å². The number of aromatic nitrogens is 1. The van der Waals surface area contributed by atoms with E-state index in [0.29, 0.717) is 11.1 Å². The van der Waals surface area contributed by atoms with Gasteiger partial charge >= 0.3 is 0 Å². The van der Waals surface area contributed by atoms with Crippen molar-refractivity contribution in [1.82, 2.24) is 9.71 Å². The van der Waals surface area contributed by atoms with Crippen molar-refractivity contribution in [2.45, 2.75) is 30.0 Å². The third kappa shape index (κ3) is 6.96. The number of nitrogens with one attached hydrogen (secondary N) is 1. The molecule has 0 aliphatic carbocycles. The minimum absolute atomic E-state index is 0.0562. The first-order valence-electron chi connectivity index (χ1n) is 9.65. The molecule has 0 bridgehead atoms. The van der Waals surface area contributed by atoms with Crippen LogP contribution in [0.15, 0.2) is 84.0 Å². The Morgan fingerprint density at radius 2 is 1.65 bits per heavy atom. The van der Waals surface area contributed by atoms with Gasteiger partial charge in [-0.05, 0) is 42.7 Å². The van der Waals surface area contributed by atoms with Gasteiger partial charge in [-0.25, -0.2) is 13.1 Å². The highest BCUT2D eigenvalue weighted by Crippen LogP contribution is 2.20. The summed E-state index contributed by atoms with van der Waals surface area (Å²) in [5, 5.41) is 0. The number of hydrogen-bond donors (Lipinski definition) is 1. The lowest BCUT2D eigenvalue weighted by atomic mass is 10.1. The van der Waals surface area contributed by atoms with Crippen molar-refractivity contribution in [3.63, 3.8) is 0 Å². The molecular formula is C22H24N2O5S2. The lowest BCUT2D eigenvalue weighted by molar-refractivity contribution is 0.297. The van der Waals surface area contributed by atoms with Crippen LogP contribution < -0.4 is 4.72 Å². The number of aryl methyl sites for hydroxylation is 1. The zero-order valence-electron chi connectivity index (χ0n) is 17.0. The summed E-state index contributed by atoms with van der Waals surface area (Å²) in [5.74, 6) is -0.187. The standard InChI is InChI=1S/C22H24N2O5S2/c1-18-9-11-21(12-10-18)31(27,28)29-15-13-22(20-8-5-14-23-16-20)24-30(25,26)17-19-6-3-2-4-7-19/h2-12,14,16,22,24H,13,15,17H2,1H3. The summed E-state index contributed by atoms with van der Waals surface area (Å²) < 4.78 is 58.0. The van der Waals surface area contributed by atoms with Crippen molar-refractivity contribution in [1.29, 1.82) is 0 Å². The van der Waals surface area contributed by atoms with Gasteiger partial charge in [0.15, 0.2) is 0 Å². The summed E-state index contributed by atoms with van der Waals surface area (Å²) >= 11 is 0. The molecule has 0 saturated carbocycles. The molecule has 1 unspecified atom stereocenters. The van der Waals surface area contributed by atoms with E-state index in [-0.39, 0.29) is 23.7 Å². The summed E-state index contributed by atoms with van der Waals surface area (Å²) in [5.41, 5.74) is 2.21. The van der Waals surface area contributed by atoms with Crippen LogP contribution in [0.5, 0.6) is 0 Å². The minimum atomic E-state index is -3.94. The zero-order valence-corrected chi connectivity index (χ0v) is 18.6. The van der Waals surface area contributed by atoms with Gasteiger partial charge in [0.05, 0.1) is 23.3 Å². The molecule has 0 saturated heterocycles. The van der Waals surface area contributed by atoms with Gasteiger partial charge < -0.3 is 0 Å². The number of nitrogens with zero attached hydrogens (tertiary/aromatic N) is 1. The van der Waals surface area contributed by atoms with Crippen LogP contribution in [0.4, 0.5) is 0 Å². The molecular weight excluding hydrogens is 436 g/mol. The van der Waals surface area contributed by atoms with E-state index in [0.717, 1.165) is 5.56 Å². The molecule has 0 aliphatic heterocycles. The van der Waals surface area contributed by atoms with E-state index >= 15 is 0 Å². The fourth-order valence-electron chi connectivity index (χ4n) is 2.98. The van der Waals surface area contributed by atoms with Gasteiger partial charge in [-0.1, -0.05) is 54.1 Å². The number of pyridine rings is 1. The normalized spacial score (nSPS) is 13.1. The second kappa shape index (κ2) is 10.1. The van der Waals surface area contributed by atoms with Crippen LogP contribution in [0.1, 0.15) is 29.2 Å². The fourth-order valence-corrected chi connectivity index (χ4v) is 5.30. The second-order valence-electron chi connectivity index (χ2n) is 7.08. The fraction of sp³-hybridized carbons (Fsp3) is 0.227. The second-order valence-corrected chi connectivity index (χ2v) is 10.4. The predicted octanol–water partition coefficient (Wildman–Crippen LogP) is 3.35. The van der Waals surface area contributed by atoms with Crippen molar-refractivity contribution in [2.75, 3.05) is 6.61 Å².